The normalized spacial score (nSPS) is 12.3. The van der Waals surface area contributed by atoms with E-state index in [1.807, 2.05) is 0 Å². The van der Waals surface area contributed by atoms with Crippen molar-refractivity contribution in [3.8, 4) is 0 Å². The number of rotatable bonds is 23. The molecule has 0 fully saturated rings. The third-order valence-electron chi connectivity index (χ3n) is 6.00. The van der Waals surface area contributed by atoms with Crippen molar-refractivity contribution in [3.05, 3.63) is 35.4 Å². The second kappa shape index (κ2) is 22.4. The maximum atomic E-state index is 5.83. The van der Waals surface area contributed by atoms with Crippen molar-refractivity contribution < 1.29 is 14.2 Å². The van der Waals surface area contributed by atoms with Crippen molar-refractivity contribution in [3.63, 3.8) is 0 Å². The lowest BCUT2D eigenvalue weighted by atomic mass is 10.0. The van der Waals surface area contributed by atoms with Gasteiger partial charge >= 0.3 is 0 Å². The van der Waals surface area contributed by atoms with Crippen LogP contribution in [0.3, 0.4) is 0 Å². The lowest BCUT2D eigenvalue weighted by Gasteiger charge is -2.16. The predicted octanol–water partition coefficient (Wildman–Crippen LogP) is 8.61. The number of ether oxygens (including phenoxy) is 3. The Labute approximate surface area is 207 Å². The first-order chi connectivity index (χ1) is 15.8. The minimum Gasteiger partial charge on any atom is -0.379 e. The molecule has 1 atom stereocenters. The minimum atomic E-state index is 0.000928. The quantitative estimate of drug-likeness (QED) is 0.108. The molecule has 0 aliphatic heterocycles. The van der Waals surface area contributed by atoms with Crippen LogP contribution in [0.4, 0.5) is 0 Å². The van der Waals surface area contributed by atoms with Gasteiger partial charge in [0.15, 0.2) is 0 Å². The van der Waals surface area contributed by atoms with Crippen LogP contribution in [-0.4, -0.2) is 33.0 Å². The van der Waals surface area contributed by atoms with Gasteiger partial charge in [-0.05, 0) is 17.5 Å². The molecule has 186 valence electrons. The Bertz CT molecular complexity index is 523. The van der Waals surface area contributed by atoms with Gasteiger partial charge in [0, 0.05) is 19.0 Å². The van der Waals surface area contributed by atoms with Crippen LogP contribution in [-0.2, 0) is 26.1 Å². The Hall–Kier alpha value is -0.420. The van der Waals surface area contributed by atoms with E-state index in [9.17, 15) is 0 Å². The topological polar surface area (TPSA) is 27.7 Å². The first-order valence-corrected chi connectivity index (χ1v) is 14.2. The molecule has 0 aromatic heterocycles. The summed E-state index contributed by atoms with van der Waals surface area (Å²) in [6.45, 7) is 4.89. The van der Waals surface area contributed by atoms with E-state index in [4.69, 9.17) is 14.2 Å². The fourth-order valence-corrected chi connectivity index (χ4v) is 4.26. The van der Waals surface area contributed by atoms with E-state index in [0.717, 1.165) is 18.4 Å². The molecule has 0 N–H and O–H groups in total. The summed E-state index contributed by atoms with van der Waals surface area (Å²) in [4.78, 5) is 0. The van der Waals surface area contributed by atoms with Crippen molar-refractivity contribution in [1.29, 1.82) is 0 Å². The Kier molecular flexibility index (Phi) is 20.7. The standard InChI is InChI=1S/C28H49BrO3/c1-3-4-5-6-7-8-9-10-11-12-13-14-15-16-20-31-24-28(30-2)25-32-23-27-19-17-18-26(21-27)22-29/h17-19,21,28H,3-16,20,22-25H2,1-2H3. The molecule has 0 bridgehead atoms. The van der Waals surface area contributed by atoms with Crippen molar-refractivity contribution >= 4 is 15.9 Å². The molecule has 0 radical (unpaired) electrons. The highest BCUT2D eigenvalue weighted by Crippen LogP contribution is 2.13. The fourth-order valence-electron chi connectivity index (χ4n) is 3.91. The number of hydrogen-bond donors (Lipinski definition) is 0. The highest BCUT2D eigenvalue weighted by Gasteiger charge is 2.08. The molecular weight excluding hydrogens is 464 g/mol. The fraction of sp³-hybridized carbons (Fsp3) is 0.786. The summed E-state index contributed by atoms with van der Waals surface area (Å²) in [5.41, 5.74) is 2.46. The first-order valence-electron chi connectivity index (χ1n) is 13.1. The Balaban J connectivity index is 1.87. The maximum Gasteiger partial charge on any atom is 0.104 e. The predicted molar refractivity (Wildman–Crippen MR) is 141 cm³/mol. The molecule has 0 saturated heterocycles. The van der Waals surface area contributed by atoms with Crippen molar-refractivity contribution in [1.82, 2.24) is 0 Å². The number of benzene rings is 1. The summed E-state index contributed by atoms with van der Waals surface area (Å²) in [7, 11) is 1.73. The lowest BCUT2D eigenvalue weighted by Crippen LogP contribution is -2.24. The minimum absolute atomic E-state index is 0.000928. The third kappa shape index (κ3) is 17.1. The second-order valence-corrected chi connectivity index (χ2v) is 9.56. The van der Waals surface area contributed by atoms with Gasteiger partial charge in [-0.25, -0.2) is 0 Å². The zero-order valence-corrected chi connectivity index (χ0v) is 22.5. The van der Waals surface area contributed by atoms with E-state index in [1.165, 1.54) is 94.6 Å². The molecule has 1 aromatic rings. The first kappa shape index (κ1) is 29.6. The Morgan fingerprint density at radius 1 is 0.719 bits per heavy atom. The molecule has 0 amide bonds. The van der Waals surface area contributed by atoms with Gasteiger partial charge < -0.3 is 14.2 Å². The summed E-state index contributed by atoms with van der Waals surface area (Å²) in [5, 5.41) is 0.870. The van der Waals surface area contributed by atoms with Crippen LogP contribution >= 0.6 is 15.9 Å². The molecule has 32 heavy (non-hydrogen) atoms. The molecule has 4 heteroatoms. The zero-order valence-electron chi connectivity index (χ0n) is 20.9. The summed E-state index contributed by atoms with van der Waals surface area (Å²) in [5.74, 6) is 0. The molecule has 1 aromatic carbocycles. The molecular formula is C28H49BrO3. The summed E-state index contributed by atoms with van der Waals surface area (Å²) in [6.07, 6.45) is 19.4. The SMILES string of the molecule is CCCCCCCCCCCCCCCCOCC(COCc1cccc(CBr)c1)OC. The highest BCUT2D eigenvalue weighted by molar-refractivity contribution is 9.08. The van der Waals surface area contributed by atoms with E-state index in [1.54, 1.807) is 7.11 Å². The van der Waals surface area contributed by atoms with E-state index >= 15 is 0 Å². The van der Waals surface area contributed by atoms with Crippen LogP contribution in [0.2, 0.25) is 0 Å². The van der Waals surface area contributed by atoms with Crippen LogP contribution in [0.1, 0.15) is 108 Å². The molecule has 1 unspecified atom stereocenters. The van der Waals surface area contributed by atoms with Crippen LogP contribution in [0.15, 0.2) is 24.3 Å². The molecule has 0 saturated carbocycles. The van der Waals surface area contributed by atoms with Crippen molar-refractivity contribution in [2.45, 2.75) is 115 Å². The molecule has 0 heterocycles. The third-order valence-corrected chi connectivity index (χ3v) is 6.64. The van der Waals surface area contributed by atoms with Gasteiger partial charge in [-0.15, -0.1) is 0 Å². The number of methoxy groups -OCH3 is 1. The summed E-state index contributed by atoms with van der Waals surface area (Å²) in [6, 6.07) is 8.45. The highest BCUT2D eigenvalue weighted by atomic mass is 79.9. The van der Waals surface area contributed by atoms with Crippen LogP contribution < -0.4 is 0 Å². The van der Waals surface area contributed by atoms with Gasteiger partial charge in [0.1, 0.15) is 6.10 Å². The zero-order chi connectivity index (χ0) is 23.1. The smallest absolute Gasteiger partial charge is 0.104 e. The van der Waals surface area contributed by atoms with Crippen LogP contribution in [0.5, 0.6) is 0 Å². The van der Waals surface area contributed by atoms with Gasteiger partial charge in [0.2, 0.25) is 0 Å². The van der Waals surface area contributed by atoms with Crippen LogP contribution in [0, 0.1) is 0 Å². The van der Waals surface area contributed by atoms with Gasteiger partial charge in [-0.2, -0.15) is 0 Å². The molecule has 1 rings (SSSR count). The molecule has 0 spiro atoms. The number of hydrogen-bond acceptors (Lipinski definition) is 3. The Morgan fingerprint density at radius 3 is 1.81 bits per heavy atom. The van der Waals surface area contributed by atoms with E-state index in [0.29, 0.717) is 19.8 Å². The number of halogens is 1. The average molecular weight is 514 g/mol. The van der Waals surface area contributed by atoms with Crippen molar-refractivity contribution in [2.75, 3.05) is 26.9 Å². The molecule has 0 aliphatic carbocycles. The Morgan fingerprint density at radius 2 is 1.25 bits per heavy atom. The van der Waals surface area contributed by atoms with Gasteiger partial charge in [-0.3, -0.25) is 0 Å². The maximum absolute atomic E-state index is 5.83. The number of unbranched alkanes of at least 4 members (excludes halogenated alkanes) is 13. The van der Waals surface area contributed by atoms with Gasteiger partial charge in [0.25, 0.3) is 0 Å². The second-order valence-electron chi connectivity index (χ2n) is 9.00. The molecule has 3 nitrogen and oxygen atoms in total. The van der Waals surface area contributed by atoms with Crippen molar-refractivity contribution in [2.24, 2.45) is 0 Å². The van der Waals surface area contributed by atoms with Gasteiger partial charge in [0.05, 0.1) is 19.8 Å². The van der Waals surface area contributed by atoms with E-state index in [-0.39, 0.29) is 6.10 Å². The largest absolute Gasteiger partial charge is 0.379 e. The monoisotopic (exact) mass is 512 g/mol. The average Bonchev–Trinajstić information content (AvgIpc) is 2.82. The van der Waals surface area contributed by atoms with E-state index < -0.39 is 0 Å². The van der Waals surface area contributed by atoms with E-state index in [2.05, 4.69) is 47.1 Å². The summed E-state index contributed by atoms with van der Waals surface area (Å²) >= 11 is 3.49. The van der Waals surface area contributed by atoms with Gasteiger partial charge in [-0.1, -0.05) is 131 Å². The summed E-state index contributed by atoms with van der Waals surface area (Å²) < 4.78 is 17.2. The van der Waals surface area contributed by atoms with Crippen LogP contribution in [0.25, 0.3) is 0 Å². The molecule has 0 aliphatic rings. The number of alkyl halides is 1. The lowest BCUT2D eigenvalue weighted by molar-refractivity contribution is -0.0451.